The van der Waals surface area contributed by atoms with E-state index in [0.29, 0.717) is 18.4 Å². The Morgan fingerprint density at radius 1 is 1.43 bits per heavy atom. The molecule has 2 aliphatic heterocycles. The lowest BCUT2D eigenvalue weighted by molar-refractivity contribution is -0.133. The molecule has 6 heteroatoms. The Bertz CT molecular complexity index is 514. The predicted molar refractivity (Wildman–Crippen MR) is 79.7 cm³/mol. The Kier molecular flexibility index (Phi) is 5.19. The molecule has 0 bridgehead atoms. The Balaban J connectivity index is 0.00000161. The number of hydrogen-bond donors (Lipinski definition) is 2. The number of fused-ring (bicyclic) bond motifs is 1. The van der Waals surface area contributed by atoms with Gasteiger partial charge in [-0.2, -0.15) is 0 Å². The van der Waals surface area contributed by atoms with E-state index >= 15 is 0 Å². The molecular weight excluding hydrogens is 295 g/mol. The zero-order valence-corrected chi connectivity index (χ0v) is 12.5. The smallest absolute Gasteiger partial charge is 0.225 e. The van der Waals surface area contributed by atoms with Crippen LogP contribution in [0.4, 0.5) is 4.39 Å². The molecular formula is C15H20ClFN2O2. The van der Waals surface area contributed by atoms with Crippen LogP contribution in [0.15, 0.2) is 24.3 Å². The lowest BCUT2D eigenvalue weighted by Gasteiger charge is -2.28. The fourth-order valence-electron chi connectivity index (χ4n) is 3.53. The normalized spacial score (nSPS) is 27.3. The van der Waals surface area contributed by atoms with Crippen molar-refractivity contribution in [2.45, 2.75) is 12.5 Å². The van der Waals surface area contributed by atoms with Gasteiger partial charge in [0.1, 0.15) is 5.82 Å². The summed E-state index contributed by atoms with van der Waals surface area (Å²) < 4.78 is 13.5. The van der Waals surface area contributed by atoms with Crippen LogP contribution in [0.2, 0.25) is 0 Å². The highest BCUT2D eigenvalue weighted by atomic mass is 35.5. The maximum atomic E-state index is 13.5. The van der Waals surface area contributed by atoms with Crippen LogP contribution in [-0.2, 0) is 4.79 Å². The molecule has 2 N–H and O–H groups in total. The third-order valence-electron chi connectivity index (χ3n) is 4.40. The van der Waals surface area contributed by atoms with Crippen molar-refractivity contribution in [3.05, 3.63) is 35.6 Å². The first kappa shape index (κ1) is 16.2. The van der Waals surface area contributed by atoms with Gasteiger partial charge in [-0.1, -0.05) is 12.1 Å². The minimum Gasteiger partial charge on any atom is -0.396 e. The van der Waals surface area contributed by atoms with E-state index in [2.05, 4.69) is 5.32 Å². The lowest BCUT2D eigenvalue weighted by atomic mass is 9.89. The van der Waals surface area contributed by atoms with Crippen LogP contribution < -0.4 is 5.32 Å². The molecule has 116 valence electrons. The number of carbonyl (C=O) groups is 1. The van der Waals surface area contributed by atoms with Gasteiger partial charge in [0, 0.05) is 32.0 Å². The van der Waals surface area contributed by atoms with Gasteiger partial charge in [-0.25, -0.2) is 4.39 Å². The van der Waals surface area contributed by atoms with Gasteiger partial charge in [0.15, 0.2) is 0 Å². The van der Waals surface area contributed by atoms with Crippen LogP contribution in [0.5, 0.6) is 0 Å². The Morgan fingerprint density at radius 2 is 2.24 bits per heavy atom. The predicted octanol–water partition coefficient (Wildman–Crippen LogP) is 1.35. The van der Waals surface area contributed by atoms with Crippen molar-refractivity contribution in [3.8, 4) is 0 Å². The van der Waals surface area contributed by atoms with Gasteiger partial charge in [-0.3, -0.25) is 4.79 Å². The van der Waals surface area contributed by atoms with Crippen LogP contribution in [0.3, 0.4) is 0 Å². The first-order valence-corrected chi connectivity index (χ1v) is 7.07. The van der Waals surface area contributed by atoms with Crippen molar-refractivity contribution in [3.63, 3.8) is 0 Å². The molecule has 1 aromatic rings. The molecule has 2 heterocycles. The Labute approximate surface area is 129 Å². The van der Waals surface area contributed by atoms with Gasteiger partial charge in [0.2, 0.25) is 5.91 Å². The fraction of sp³-hybridized carbons (Fsp3) is 0.533. The lowest BCUT2D eigenvalue weighted by Crippen LogP contribution is -2.35. The van der Waals surface area contributed by atoms with E-state index < -0.39 is 0 Å². The summed E-state index contributed by atoms with van der Waals surface area (Å²) in [5.74, 6) is 0.438. The van der Waals surface area contributed by atoms with E-state index in [-0.39, 0.29) is 43.2 Å². The van der Waals surface area contributed by atoms with Crippen molar-refractivity contribution in [2.24, 2.45) is 11.8 Å². The molecule has 1 aromatic carbocycles. The van der Waals surface area contributed by atoms with E-state index in [0.717, 1.165) is 18.7 Å². The molecule has 4 nitrogen and oxygen atoms in total. The molecule has 2 aliphatic rings. The maximum absolute atomic E-state index is 13.5. The molecule has 0 aliphatic carbocycles. The maximum Gasteiger partial charge on any atom is 0.225 e. The third-order valence-corrected chi connectivity index (χ3v) is 4.40. The number of halogens is 2. The second-order valence-electron chi connectivity index (χ2n) is 5.60. The summed E-state index contributed by atoms with van der Waals surface area (Å²) in [7, 11) is 0. The number of aliphatic hydroxyl groups excluding tert-OH is 1. The largest absolute Gasteiger partial charge is 0.396 e. The zero-order valence-electron chi connectivity index (χ0n) is 11.7. The second kappa shape index (κ2) is 6.73. The summed E-state index contributed by atoms with van der Waals surface area (Å²) in [6, 6.07) is 6.43. The molecule has 3 rings (SSSR count). The number of amides is 1. The fourth-order valence-corrected chi connectivity index (χ4v) is 3.53. The minimum absolute atomic E-state index is 0. The highest BCUT2D eigenvalue weighted by Crippen LogP contribution is 2.42. The highest BCUT2D eigenvalue weighted by molar-refractivity contribution is 5.85. The number of hydrogen-bond acceptors (Lipinski definition) is 3. The minimum atomic E-state index is -0.272. The SMILES string of the molecule is Cl.O=C(CCO)N1C[C@@H]2CNC[C@@H]2[C@@H]1c1cccc(F)c1. The summed E-state index contributed by atoms with van der Waals surface area (Å²) in [5, 5.41) is 12.3. The average Bonchev–Trinajstić information content (AvgIpc) is 2.98. The summed E-state index contributed by atoms with van der Waals surface area (Å²) in [5.41, 5.74) is 0.854. The standard InChI is InChI=1S/C15H19FN2O2.ClH/c16-12-3-1-2-10(6-12)15-13-8-17-7-11(13)9-18(15)14(20)4-5-19;/h1-3,6,11,13,15,17,19H,4-5,7-9H2;1H/t11-,13-,15-;/m0./s1. The number of carbonyl (C=O) groups excluding carboxylic acids is 1. The molecule has 3 atom stereocenters. The molecule has 0 unspecified atom stereocenters. The zero-order chi connectivity index (χ0) is 14.1. The summed E-state index contributed by atoms with van der Waals surface area (Å²) in [6.07, 6.45) is 0.138. The van der Waals surface area contributed by atoms with E-state index in [1.54, 1.807) is 6.07 Å². The molecule has 0 radical (unpaired) electrons. The van der Waals surface area contributed by atoms with Gasteiger partial charge >= 0.3 is 0 Å². The molecule has 0 saturated carbocycles. The summed E-state index contributed by atoms with van der Waals surface area (Å²) >= 11 is 0. The number of nitrogens with zero attached hydrogens (tertiary/aromatic N) is 1. The van der Waals surface area contributed by atoms with Gasteiger partial charge in [-0.15, -0.1) is 12.4 Å². The van der Waals surface area contributed by atoms with Gasteiger partial charge in [0.25, 0.3) is 0 Å². The topological polar surface area (TPSA) is 52.6 Å². The van der Waals surface area contributed by atoms with Crippen LogP contribution in [0.25, 0.3) is 0 Å². The molecule has 1 amide bonds. The van der Waals surface area contributed by atoms with Crippen LogP contribution in [-0.4, -0.2) is 42.2 Å². The quantitative estimate of drug-likeness (QED) is 0.885. The first-order chi connectivity index (χ1) is 9.70. The van der Waals surface area contributed by atoms with Gasteiger partial charge in [0.05, 0.1) is 12.6 Å². The second-order valence-corrected chi connectivity index (χ2v) is 5.60. The number of aliphatic hydroxyl groups is 1. The van der Waals surface area contributed by atoms with Crippen molar-refractivity contribution in [1.82, 2.24) is 10.2 Å². The molecule has 2 saturated heterocycles. The molecule has 21 heavy (non-hydrogen) atoms. The van der Waals surface area contributed by atoms with Crippen molar-refractivity contribution < 1.29 is 14.3 Å². The van der Waals surface area contributed by atoms with Crippen LogP contribution in [0.1, 0.15) is 18.0 Å². The van der Waals surface area contributed by atoms with Gasteiger partial charge < -0.3 is 15.3 Å². The van der Waals surface area contributed by atoms with E-state index in [4.69, 9.17) is 5.11 Å². The average molecular weight is 315 g/mol. The number of benzene rings is 1. The third kappa shape index (κ3) is 3.05. The molecule has 0 spiro atoms. The monoisotopic (exact) mass is 314 g/mol. The highest BCUT2D eigenvalue weighted by Gasteiger charge is 2.46. The Morgan fingerprint density at radius 3 is 2.95 bits per heavy atom. The Hall–Kier alpha value is -1.17. The van der Waals surface area contributed by atoms with E-state index in [9.17, 15) is 9.18 Å². The summed E-state index contributed by atoms with van der Waals surface area (Å²) in [4.78, 5) is 14.0. The van der Waals surface area contributed by atoms with E-state index in [1.165, 1.54) is 12.1 Å². The van der Waals surface area contributed by atoms with Crippen molar-refractivity contribution in [2.75, 3.05) is 26.2 Å². The van der Waals surface area contributed by atoms with Crippen LogP contribution in [0, 0.1) is 17.7 Å². The van der Waals surface area contributed by atoms with Crippen molar-refractivity contribution in [1.29, 1.82) is 0 Å². The van der Waals surface area contributed by atoms with Crippen molar-refractivity contribution >= 4 is 18.3 Å². The molecule has 0 aromatic heterocycles. The van der Waals surface area contributed by atoms with E-state index in [1.807, 2.05) is 11.0 Å². The van der Waals surface area contributed by atoms with Gasteiger partial charge in [-0.05, 0) is 23.6 Å². The van der Waals surface area contributed by atoms with Crippen LogP contribution >= 0.6 is 12.4 Å². The number of rotatable bonds is 3. The number of likely N-dealkylation sites (tertiary alicyclic amines) is 1. The summed E-state index contributed by atoms with van der Waals surface area (Å²) in [6.45, 7) is 2.31. The number of nitrogens with one attached hydrogen (secondary N) is 1. The molecule has 2 fully saturated rings. The first-order valence-electron chi connectivity index (χ1n) is 7.07.